The van der Waals surface area contributed by atoms with Gasteiger partial charge in [-0.05, 0) is 31.9 Å². The Hall–Kier alpha value is -0.380. The van der Waals surface area contributed by atoms with Crippen molar-refractivity contribution in [2.45, 2.75) is 37.0 Å². The summed E-state index contributed by atoms with van der Waals surface area (Å²) in [5.74, 6) is 0. The Morgan fingerprint density at radius 1 is 1.38 bits per heavy atom. The second kappa shape index (κ2) is 5.37. The normalized spacial score (nSPS) is 28.2. The smallest absolute Gasteiger partial charge is 0.407 e. The standard InChI is InChI=1S/C9H17NO2S/c1-12-9(11)10-7-3-5-8(13-2)6-4-7/h7-8H,3-6H2,1-2H3,(H,10,11). The zero-order valence-corrected chi connectivity index (χ0v) is 9.02. The van der Waals surface area contributed by atoms with Crippen LogP contribution < -0.4 is 5.32 Å². The lowest BCUT2D eigenvalue weighted by molar-refractivity contribution is 0.163. The monoisotopic (exact) mass is 203 g/mol. The zero-order valence-electron chi connectivity index (χ0n) is 8.21. The van der Waals surface area contributed by atoms with E-state index in [0.29, 0.717) is 6.04 Å². The lowest BCUT2D eigenvalue weighted by atomic mass is 9.95. The minimum atomic E-state index is -0.299. The van der Waals surface area contributed by atoms with Crippen LogP contribution in [-0.2, 0) is 4.74 Å². The van der Waals surface area contributed by atoms with Crippen molar-refractivity contribution < 1.29 is 9.53 Å². The van der Waals surface area contributed by atoms with Gasteiger partial charge in [-0.15, -0.1) is 0 Å². The molecule has 0 saturated heterocycles. The molecular formula is C9H17NO2S. The number of carbonyl (C=O) groups excluding carboxylic acids is 1. The van der Waals surface area contributed by atoms with Crippen molar-refractivity contribution in [3.63, 3.8) is 0 Å². The third kappa shape index (κ3) is 3.46. The Morgan fingerprint density at radius 2 is 2.00 bits per heavy atom. The number of rotatable bonds is 2. The first-order valence-corrected chi connectivity index (χ1v) is 5.92. The topological polar surface area (TPSA) is 38.3 Å². The fraction of sp³-hybridized carbons (Fsp3) is 0.889. The molecule has 1 rings (SSSR count). The van der Waals surface area contributed by atoms with Gasteiger partial charge in [0.05, 0.1) is 7.11 Å². The molecule has 3 nitrogen and oxygen atoms in total. The van der Waals surface area contributed by atoms with Crippen molar-refractivity contribution in [1.29, 1.82) is 0 Å². The molecule has 1 N–H and O–H groups in total. The van der Waals surface area contributed by atoms with E-state index in [1.165, 1.54) is 20.0 Å². The molecule has 0 spiro atoms. The first-order chi connectivity index (χ1) is 6.26. The zero-order chi connectivity index (χ0) is 9.68. The van der Waals surface area contributed by atoms with Crippen molar-refractivity contribution in [1.82, 2.24) is 5.32 Å². The molecule has 1 amide bonds. The van der Waals surface area contributed by atoms with Gasteiger partial charge in [0.1, 0.15) is 0 Å². The van der Waals surface area contributed by atoms with Gasteiger partial charge in [0.2, 0.25) is 0 Å². The molecular weight excluding hydrogens is 186 g/mol. The van der Waals surface area contributed by atoms with Crippen LogP contribution in [0.3, 0.4) is 0 Å². The summed E-state index contributed by atoms with van der Waals surface area (Å²) in [5.41, 5.74) is 0. The molecule has 1 aliphatic rings. The number of alkyl carbamates (subject to hydrolysis) is 1. The van der Waals surface area contributed by atoms with Gasteiger partial charge in [-0.3, -0.25) is 0 Å². The Balaban J connectivity index is 2.21. The molecule has 0 radical (unpaired) electrons. The summed E-state index contributed by atoms with van der Waals surface area (Å²) in [6.07, 6.45) is 6.43. The van der Waals surface area contributed by atoms with Crippen LogP contribution in [0.2, 0.25) is 0 Å². The molecule has 1 fully saturated rings. The average molecular weight is 203 g/mol. The van der Waals surface area contributed by atoms with Gasteiger partial charge in [-0.1, -0.05) is 0 Å². The van der Waals surface area contributed by atoms with Gasteiger partial charge >= 0.3 is 6.09 Å². The molecule has 0 aromatic heterocycles. The Bertz CT molecular complexity index is 167. The second-order valence-electron chi connectivity index (χ2n) is 3.35. The van der Waals surface area contributed by atoms with Gasteiger partial charge in [-0.2, -0.15) is 11.8 Å². The number of thioether (sulfide) groups is 1. The van der Waals surface area contributed by atoms with Gasteiger partial charge in [0.15, 0.2) is 0 Å². The summed E-state index contributed by atoms with van der Waals surface area (Å²) >= 11 is 1.93. The van der Waals surface area contributed by atoms with E-state index in [4.69, 9.17) is 0 Å². The molecule has 0 bridgehead atoms. The van der Waals surface area contributed by atoms with Crippen LogP contribution in [0.4, 0.5) is 4.79 Å². The Morgan fingerprint density at radius 3 is 2.46 bits per heavy atom. The predicted octanol–water partition coefficient (Wildman–Crippen LogP) is 2.02. The van der Waals surface area contributed by atoms with Gasteiger partial charge in [0.25, 0.3) is 0 Å². The Kier molecular flexibility index (Phi) is 4.42. The highest BCUT2D eigenvalue weighted by molar-refractivity contribution is 7.99. The molecule has 76 valence electrons. The van der Waals surface area contributed by atoms with E-state index in [2.05, 4.69) is 16.3 Å². The molecule has 0 atom stereocenters. The largest absolute Gasteiger partial charge is 0.453 e. The molecule has 0 unspecified atom stereocenters. The minimum absolute atomic E-state index is 0.299. The maximum Gasteiger partial charge on any atom is 0.407 e. The first kappa shape index (κ1) is 10.7. The molecule has 1 aliphatic carbocycles. The van der Waals surface area contributed by atoms with Crippen molar-refractivity contribution in [2.24, 2.45) is 0 Å². The fourth-order valence-electron chi connectivity index (χ4n) is 1.67. The number of amides is 1. The van der Waals surface area contributed by atoms with Crippen LogP contribution in [-0.4, -0.2) is 30.8 Å². The minimum Gasteiger partial charge on any atom is -0.453 e. The molecule has 0 aromatic carbocycles. The molecule has 1 saturated carbocycles. The maximum absolute atomic E-state index is 10.9. The van der Waals surface area contributed by atoms with Crippen molar-refractivity contribution in [2.75, 3.05) is 13.4 Å². The van der Waals surface area contributed by atoms with Crippen LogP contribution in [0.5, 0.6) is 0 Å². The fourth-order valence-corrected chi connectivity index (χ4v) is 2.41. The number of carbonyl (C=O) groups is 1. The lowest BCUT2D eigenvalue weighted by Crippen LogP contribution is -2.37. The average Bonchev–Trinajstić information content (AvgIpc) is 2.19. The Labute approximate surface area is 83.6 Å². The van der Waals surface area contributed by atoms with Crippen LogP contribution in [0.1, 0.15) is 25.7 Å². The highest BCUT2D eigenvalue weighted by Gasteiger charge is 2.21. The van der Waals surface area contributed by atoms with E-state index >= 15 is 0 Å². The SMILES string of the molecule is COC(=O)NC1CCC(SC)CC1. The van der Waals surface area contributed by atoms with Crippen LogP contribution in [0.15, 0.2) is 0 Å². The van der Waals surface area contributed by atoms with E-state index < -0.39 is 0 Å². The molecule has 0 heterocycles. The van der Waals surface area contributed by atoms with Gasteiger partial charge < -0.3 is 10.1 Å². The predicted molar refractivity (Wildman–Crippen MR) is 55.1 cm³/mol. The summed E-state index contributed by atoms with van der Waals surface area (Å²) < 4.78 is 4.55. The maximum atomic E-state index is 10.9. The van der Waals surface area contributed by atoms with Crippen molar-refractivity contribution in [3.05, 3.63) is 0 Å². The highest BCUT2D eigenvalue weighted by Crippen LogP contribution is 2.26. The van der Waals surface area contributed by atoms with Crippen molar-refractivity contribution >= 4 is 17.9 Å². The van der Waals surface area contributed by atoms with Crippen LogP contribution in [0.25, 0.3) is 0 Å². The first-order valence-electron chi connectivity index (χ1n) is 4.63. The van der Waals surface area contributed by atoms with Gasteiger partial charge in [0, 0.05) is 11.3 Å². The van der Waals surface area contributed by atoms with E-state index in [1.807, 2.05) is 11.8 Å². The number of methoxy groups -OCH3 is 1. The van der Waals surface area contributed by atoms with E-state index in [9.17, 15) is 4.79 Å². The third-order valence-corrected chi connectivity index (χ3v) is 3.65. The van der Waals surface area contributed by atoms with E-state index in [1.54, 1.807) is 0 Å². The molecule has 13 heavy (non-hydrogen) atoms. The summed E-state index contributed by atoms with van der Waals surface area (Å²) in [5, 5.41) is 3.63. The third-order valence-electron chi connectivity index (χ3n) is 2.51. The number of hydrogen-bond acceptors (Lipinski definition) is 3. The van der Waals surface area contributed by atoms with Crippen molar-refractivity contribution in [3.8, 4) is 0 Å². The molecule has 4 heteroatoms. The second-order valence-corrected chi connectivity index (χ2v) is 4.48. The van der Waals surface area contributed by atoms with E-state index in [0.717, 1.165) is 18.1 Å². The summed E-state index contributed by atoms with van der Waals surface area (Å²) in [6, 6.07) is 0.329. The van der Waals surface area contributed by atoms with E-state index in [-0.39, 0.29) is 6.09 Å². The lowest BCUT2D eigenvalue weighted by Gasteiger charge is -2.27. The van der Waals surface area contributed by atoms with Crippen LogP contribution in [0, 0.1) is 0 Å². The number of ether oxygens (including phenoxy) is 1. The summed E-state index contributed by atoms with van der Waals surface area (Å²) in [6.45, 7) is 0. The van der Waals surface area contributed by atoms with Crippen LogP contribution >= 0.6 is 11.8 Å². The van der Waals surface area contributed by atoms with Gasteiger partial charge in [-0.25, -0.2) is 4.79 Å². The number of hydrogen-bond donors (Lipinski definition) is 1. The summed E-state index contributed by atoms with van der Waals surface area (Å²) in [7, 11) is 1.41. The quantitative estimate of drug-likeness (QED) is 0.746. The summed E-state index contributed by atoms with van der Waals surface area (Å²) in [4.78, 5) is 10.9. The highest BCUT2D eigenvalue weighted by atomic mass is 32.2. The number of nitrogens with one attached hydrogen (secondary N) is 1. The molecule has 0 aliphatic heterocycles. The molecule has 0 aromatic rings.